The number of fused-ring (bicyclic) bond motifs is 1. The Kier molecular flexibility index (Phi) is 2.05. The third-order valence-corrected chi connectivity index (χ3v) is 3.28. The minimum Gasteiger partial charge on any atom is -0.335 e. The van der Waals surface area contributed by atoms with E-state index < -0.39 is 0 Å². The zero-order valence-electron chi connectivity index (χ0n) is 8.93. The summed E-state index contributed by atoms with van der Waals surface area (Å²) in [6.07, 6.45) is 4.49. The first-order valence-corrected chi connectivity index (χ1v) is 5.57. The molecule has 5 nitrogen and oxygen atoms in total. The first kappa shape index (κ1) is 9.57. The highest BCUT2D eigenvalue weighted by Crippen LogP contribution is 2.32. The first-order chi connectivity index (χ1) is 7.79. The lowest BCUT2D eigenvalue weighted by Gasteiger charge is -2.28. The Hall–Kier alpha value is -1.65. The smallest absolute Gasteiger partial charge is 0.226 e. The van der Waals surface area contributed by atoms with Crippen LogP contribution in [0, 0.1) is 5.92 Å². The summed E-state index contributed by atoms with van der Waals surface area (Å²) in [5.74, 6) is 0.485. The maximum absolute atomic E-state index is 11.9. The minimum atomic E-state index is 0.240. The number of nitrogens with zero attached hydrogens (tertiary/aromatic N) is 3. The largest absolute Gasteiger partial charge is 0.335 e. The highest BCUT2D eigenvalue weighted by molar-refractivity contribution is 5.81. The SMILES string of the molecule is O=Cc1ncn2c1CN(C(=O)C1CC1)CC2. The average molecular weight is 219 g/mol. The van der Waals surface area contributed by atoms with Crippen LogP contribution in [0.15, 0.2) is 6.33 Å². The molecule has 1 aromatic rings. The van der Waals surface area contributed by atoms with Gasteiger partial charge < -0.3 is 9.47 Å². The van der Waals surface area contributed by atoms with Gasteiger partial charge >= 0.3 is 0 Å². The molecule has 1 aromatic heterocycles. The Labute approximate surface area is 93.1 Å². The zero-order chi connectivity index (χ0) is 11.1. The number of aromatic nitrogens is 2. The summed E-state index contributed by atoms with van der Waals surface area (Å²) in [5, 5.41) is 0. The van der Waals surface area contributed by atoms with Crippen molar-refractivity contribution in [3.8, 4) is 0 Å². The van der Waals surface area contributed by atoms with E-state index in [-0.39, 0.29) is 11.8 Å². The normalized spacial score (nSPS) is 19.4. The standard InChI is InChI=1S/C11H13N3O2/c15-6-9-10-5-13(11(16)8-1-2-8)3-4-14(10)7-12-9/h6-8H,1-5H2. The lowest BCUT2D eigenvalue weighted by molar-refractivity contribution is -0.134. The number of carbonyl (C=O) groups excluding carboxylic acids is 2. The Balaban J connectivity index is 1.83. The number of carbonyl (C=O) groups is 2. The maximum atomic E-state index is 11.9. The van der Waals surface area contributed by atoms with E-state index in [2.05, 4.69) is 4.98 Å². The van der Waals surface area contributed by atoms with Crippen LogP contribution in [0.2, 0.25) is 0 Å². The number of hydrogen-bond acceptors (Lipinski definition) is 3. The molecule has 0 aromatic carbocycles. The predicted molar refractivity (Wildman–Crippen MR) is 55.8 cm³/mol. The molecule has 0 bridgehead atoms. The third kappa shape index (κ3) is 1.43. The third-order valence-electron chi connectivity index (χ3n) is 3.28. The van der Waals surface area contributed by atoms with Crippen molar-refractivity contribution in [1.29, 1.82) is 0 Å². The molecular weight excluding hydrogens is 206 g/mol. The monoisotopic (exact) mass is 219 g/mol. The Bertz CT molecular complexity index is 448. The van der Waals surface area contributed by atoms with Gasteiger partial charge in [0, 0.05) is 19.0 Å². The summed E-state index contributed by atoms with van der Waals surface area (Å²) in [6, 6.07) is 0. The van der Waals surface area contributed by atoms with Gasteiger partial charge in [0.1, 0.15) is 5.69 Å². The van der Waals surface area contributed by atoms with Gasteiger partial charge in [0.25, 0.3) is 0 Å². The molecule has 0 radical (unpaired) electrons. The molecule has 0 atom stereocenters. The summed E-state index contributed by atoms with van der Waals surface area (Å²) >= 11 is 0. The summed E-state index contributed by atoms with van der Waals surface area (Å²) < 4.78 is 1.96. The van der Waals surface area contributed by atoms with Crippen molar-refractivity contribution in [2.24, 2.45) is 5.92 Å². The van der Waals surface area contributed by atoms with Gasteiger partial charge in [-0.25, -0.2) is 4.98 Å². The second-order valence-electron chi connectivity index (χ2n) is 4.42. The van der Waals surface area contributed by atoms with E-state index in [1.807, 2.05) is 9.47 Å². The number of rotatable bonds is 2. The van der Waals surface area contributed by atoms with Crippen molar-refractivity contribution >= 4 is 12.2 Å². The molecule has 0 unspecified atom stereocenters. The summed E-state index contributed by atoms with van der Waals surface area (Å²) in [5.41, 5.74) is 1.34. The minimum absolute atomic E-state index is 0.240. The highest BCUT2D eigenvalue weighted by Gasteiger charge is 2.35. The number of amides is 1. The van der Waals surface area contributed by atoms with Gasteiger partial charge in [0.15, 0.2) is 6.29 Å². The van der Waals surface area contributed by atoms with Gasteiger partial charge in [-0.15, -0.1) is 0 Å². The van der Waals surface area contributed by atoms with Crippen LogP contribution in [0.25, 0.3) is 0 Å². The van der Waals surface area contributed by atoms with Crippen molar-refractivity contribution in [2.45, 2.75) is 25.9 Å². The van der Waals surface area contributed by atoms with Crippen LogP contribution in [-0.4, -0.2) is 33.2 Å². The zero-order valence-corrected chi connectivity index (χ0v) is 8.93. The molecule has 0 N–H and O–H groups in total. The number of hydrogen-bond donors (Lipinski definition) is 0. The Morgan fingerprint density at radius 2 is 2.25 bits per heavy atom. The molecule has 1 fully saturated rings. The molecular formula is C11H13N3O2. The molecule has 3 rings (SSSR count). The van der Waals surface area contributed by atoms with Gasteiger partial charge in [0.2, 0.25) is 5.91 Å². The van der Waals surface area contributed by atoms with Crippen LogP contribution in [0.3, 0.4) is 0 Å². The van der Waals surface area contributed by atoms with E-state index >= 15 is 0 Å². The Morgan fingerprint density at radius 1 is 1.44 bits per heavy atom. The molecule has 1 aliphatic carbocycles. The van der Waals surface area contributed by atoms with Crippen molar-refractivity contribution < 1.29 is 9.59 Å². The van der Waals surface area contributed by atoms with Gasteiger partial charge in [-0.2, -0.15) is 0 Å². The van der Waals surface area contributed by atoms with Gasteiger partial charge in [-0.3, -0.25) is 9.59 Å². The van der Waals surface area contributed by atoms with Gasteiger partial charge in [-0.1, -0.05) is 0 Å². The maximum Gasteiger partial charge on any atom is 0.226 e. The fraction of sp³-hybridized carbons (Fsp3) is 0.545. The van der Waals surface area contributed by atoms with Crippen LogP contribution in [0.1, 0.15) is 29.0 Å². The van der Waals surface area contributed by atoms with Crippen LogP contribution in [-0.2, 0) is 17.9 Å². The molecule has 1 saturated carbocycles. The first-order valence-electron chi connectivity index (χ1n) is 5.57. The summed E-state index contributed by atoms with van der Waals surface area (Å²) in [7, 11) is 0. The van der Waals surface area contributed by atoms with E-state index in [4.69, 9.17) is 0 Å². The topological polar surface area (TPSA) is 55.2 Å². The highest BCUT2D eigenvalue weighted by atomic mass is 16.2. The molecule has 5 heteroatoms. The predicted octanol–water partition coefficient (Wildman–Crippen LogP) is 0.448. The molecule has 0 spiro atoms. The molecule has 1 amide bonds. The average Bonchev–Trinajstić information content (AvgIpc) is 3.08. The van der Waals surface area contributed by atoms with Crippen LogP contribution in [0.5, 0.6) is 0 Å². The lowest BCUT2D eigenvalue weighted by Crippen LogP contribution is -2.39. The summed E-state index contributed by atoms with van der Waals surface area (Å²) in [6.45, 7) is 2.01. The molecule has 1 aliphatic heterocycles. The lowest BCUT2D eigenvalue weighted by atomic mass is 10.2. The van der Waals surface area contributed by atoms with E-state index in [1.165, 1.54) is 0 Å². The molecule has 16 heavy (non-hydrogen) atoms. The number of imidazole rings is 1. The van der Waals surface area contributed by atoms with E-state index in [0.717, 1.165) is 37.9 Å². The second kappa shape index (κ2) is 3.43. The van der Waals surface area contributed by atoms with Gasteiger partial charge in [-0.05, 0) is 12.8 Å². The fourth-order valence-corrected chi connectivity index (χ4v) is 2.15. The van der Waals surface area contributed by atoms with Gasteiger partial charge in [0.05, 0.1) is 18.6 Å². The van der Waals surface area contributed by atoms with Crippen molar-refractivity contribution in [3.63, 3.8) is 0 Å². The number of aldehydes is 1. The van der Waals surface area contributed by atoms with Crippen molar-refractivity contribution in [2.75, 3.05) is 6.54 Å². The van der Waals surface area contributed by atoms with E-state index in [1.54, 1.807) is 6.33 Å². The quantitative estimate of drug-likeness (QED) is 0.678. The van der Waals surface area contributed by atoms with Crippen LogP contribution in [0.4, 0.5) is 0 Å². The van der Waals surface area contributed by atoms with Crippen molar-refractivity contribution in [3.05, 3.63) is 17.7 Å². The molecule has 84 valence electrons. The molecule has 0 saturated heterocycles. The van der Waals surface area contributed by atoms with E-state index in [9.17, 15) is 9.59 Å². The molecule has 2 aliphatic rings. The Morgan fingerprint density at radius 3 is 2.94 bits per heavy atom. The van der Waals surface area contributed by atoms with Crippen LogP contribution < -0.4 is 0 Å². The fourth-order valence-electron chi connectivity index (χ4n) is 2.15. The summed E-state index contributed by atoms with van der Waals surface area (Å²) in [4.78, 5) is 28.6. The van der Waals surface area contributed by atoms with Crippen LogP contribution >= 0.6 is 0 Å². The van der Waals surface area contributed by atoms with E-state index in [0.29, 0.717) is 12.2 Å². The molecule has 2 heterocycles. The van der Waals surface area contributed by atoms with Crippen molar-refractivity contribution in [1.82, 2.24) is 14.5 Å². The second-order valence-corrected chi connectivity index (χ2v) is 4.42.